The van der Waals surface area contributed by atoms with Gasteiger partial charge in [-0.2, -0.15) is 0 Å². The van der Waals surface area contributed by atoms with Gasteiger partial charge >= 0.3 is 5.97 Å². The molecule has 0 aliphatic carbocycles. The molecule has 1 N–H and O–H groups in total. The summed E-state index contributed by atoms with van der Waals surface area (Å²) in [6, 6.07) is 15.2. The van der Waals surface area contributed by atoms with Gasteiger partial charge in [-0.15, -0.1) is 0 Å². The monoisotopic (exact) mass is 371 g/mol. The van der Waals surface area contributed by atoms with Crippen LogP contribution in [-0.2, 0) is 14.3 Å². The fraction of sp³-hybridized carbons (Fsp3) is 0.333. The SMILES string of the molecule is Cc1ccc(OCCC(=O)OCC(=O)NCCOc2cccc(C)c2)cc1. The molecule has 6 nitrogen and oxygen atoms in total. The Labute approximate surface area is 159 Å². The van der Waals surface area contributed by atoms with E-state index in [1.165, 1.54) is 0 Å². The maximum atomic E-state index is 11.7. The normalized spacial score (nSPS) is 10.1. The van der Waals surface area contributed by atoms with Crippen molar-refractivity contribution in [2.24, 2.45) is 0 Å². The van der Waals surface area contributed by atoms with Crippen molar-refractivity contribution in [1.82, 2.24) is 5.32 Å². The Hall–Kier alpha value is -3.02. The smallest absolute Gasteiger partial charge is 0.309 e. The fourth-order valence-electron chi connectivity index (χ4n) is 2.22. The van der Waals surface area contributed by atoms with E-state index in [0.717, 1.165) is 16.9 Å². The van der Waals surface area contributed by atoms with Crippen LogP contribution in [0.3, 0.4) is 0 Å². The quantitative estimate of drug-likeness (QED) is 0.513. The highest BCUT2D eigenvalue weighted by Gasteiger charge is 2.08. The first kappa shape index (κ1) is 20.3. The minimum absolute atomic E-state index is 0.0810. The third-order valence-corrected chi connectivity index (χ3v) is 3.64. The van der Waals surface area contributed by atoms with Gasteiger partial charge in [-0.1, -0.05) is 29.8 Å². The van der Waals surface area contributed by atoms with Crippen molar-refractivity contribution in [2.75, 3.05) is 26.4 Å². The lowest BCUT2D eigenvalue weighted by atomic mass is 10.2. The lowest BCUT2D eigenvalue weighted by molar-refractivity contribution is -0.149. The molecule has 0 atom stereocenters. The number of hydrogen-bond acceptors (Lipinski definition) is 5. The van der Waals surface area contributed by atoms with Gasteiger partial charge in [0.1, 0.15) is 18.1 Å². The second-order valence-electron chi connectivity index (χ2n) is 6.09. The van der Waals surface area contributed by atoms with Crippen LogP contribution in [0.15, 0.2) is 48.5 Å². The average Bonchev–Trinajstić information content (AvgIpc) is 2.65. The molecular weight excluding hydrogens is 346 g/mol. The summed E-state index contributed by atoms with van der Waals surface area (Å²) in [6.45, 7) is 4.53. The summed E-state index contributed by atoms with van der Waals surface area (Å²) < 4.78 is 15.9. The molecule has 1 amide bonds. The van der Waals surface area contributed by atoms with Crippen molar-refractivity contribution in [3.05, 3.63) is 59.7 Å². The Morgan fingerprint density at radius 2 is 1.63 bits per heavy atom. The highest BCUT2D eigenvalue weighted by Crippen LogP contribution is 2.12. The molecule has 0 bridgehead atoms. The molecule has 0 aromatic heterocycles. The van der Waals surface area contributed by atoms with Gasteiger partial charge in [0.15, 0.2) is 6.61 Å². The van der Waals surface area contributed by atoms with Gasteiger partial charge in [0.05, 0.1) is 19.6 Å². The molecule has 2 aromatic rings. The Morgan fingerprint density at radius 1 is 0.889 bits per heavy atom. The highest BCUT2D eigenvalue weighted by atomic mass is 16.5. The number of aryl methyl sites for hydroxylation is 2. The Balaban J connectivity index is 1.52. The summed E-state index contributed by atoms with van der Waals surface area (Å²) in [5.74, 6) is 0.605. The number of nitrogens with one attached hydrogen (secondary N) is 1. The molecule has 0 unspecified atom stereocenters. The predicted octanol–water partition coefficient (Wildman–Crippen LogP) is 2.81. The Morgan fingerprint density at radius 3 is 2.37 bits per heavy atom. The zero-order valence-corrected chi connectivity index (χ0v) is 15.7. The first-order valence-electron chi connectivity index (χ1n) is 8.84. The van der Waals surface area contributed by atoms with E-state index in [9.17, 15) is 9.59 Å². The van der Waals surface area contributed by atoms with E-state index in [2.05, 4.69) is 5.32 Å². The number of esters is 1. The molecule has 6 heteroatoms. The van der Waals surface area contributed by atoms with Gasteiger partial charge in [0.2, 0.25) is 0 Å². The summed E-state index contributed by atoms with van der Waals surface area (Å²) in [7, 11) is 0. The van der Waals surface area contributed by atoms with Crippen LogP contribution in [0, 0.1) is 13.8 Å². The molecule has 0 saturated carbocycles. The Kier molecular flexibility index (Phi) is 8.16. The fourth-order valence-corrected chi connectivity index (χ4v) is 2.22. The van der Waals surface area contributed by atoms with Crippen LogP contribution in [0.1, 0.15) is 17.5 Å². The maximum Gasteiger partial charge on any atom is 0.309 e. The van der Waals surface area contributed by atoms with E-state index in [0.29, 0.717) is 18.9 Å². The summed E-state index contributed by atoms with van der Waals surface area (Å²) in [5.41, 5.74) is 2.24. The summed E-state index contributed by atoms with van der Waals surface area (Å²) in [4.78, 5) is 23.3. The number of benzene rings is 2. The van der Waals surface area contributed by atoms with Gasteiger partial charge in [-0.25, -0.2) is 0 Å². The van der Waals surface area contributed by atoms with Gasteiger partial charge in [0.25, 0.3) is 5.91 Å². The zero-order valence-electron chi connectivity index (χ0n) is 15.7. The van der Waals surface area contributed by atoms with E-state index in [1.807, 2.05) is 62.4 Å². The second kappa shape index (κ2) is 10.9. The molecule has 2 aromatic carbocycles. The van der Waals surface area contributed by atoms with Crippen molar-refractivity contribution in [1.29, 1.82) is 0 Å². The first-order chi connectivity index (χ1) is 13.0. The third-order valence-electron chi connectivity index (χ3n) is 3.64. The van der Waals surface area contributed by atoms with Gasteiger partial charge in [-0.05, 0) is 43.7 Å². The largest absolute Gasteiger partial charge is 0.493 e. The van der Waals surface area contributed by atoms with E-state index >= 15 is 0 Å². The molecule has 0 aliphatic heterocycles. The predicted molar refractivity (Wildman–Crippen MR) is 102 cm³/mol. The van der Waals surface area contributed by atoms with Crippen LogP contribution >= 0.6 is 0 Å². The maximum absolute atomic E-state index is 11.7. The molecule has 0 radical (unpaired) electrons. The van der Waals surface area contributed by atoms with Crippen LogP contribution < -0.4 is 14.8 Å². The van der Waals surface area contributed by atoms with E-state index in [-0.39, 0.29) is 25.5 Å². The minimum atomic E-state index is -0.478. The molecule has 144 valence electrons. The van der Waals surface area contributed by atoms with Gasteiger partial charge in [0, 0.05) is 0 Å². The highest BCUT2D eigenvalue weighted by molar-refractivity contribution is 5.80. The molecule has 0 heterocycles. The van der Waals surface area contributed by atoms with Crippen LogP contribution in [-0.4, -0.2) is 38.2 Å². The van der Waals surface area contributed by atoms with Crippen molar-refractivity contribution in [3.63, 3.8) is 0 Å². The summed E-state index contributed by atoms with van der Waals surface area (Å²) in [6.07, 6.45) is 0.0810. The van der Waals surface area contributed by atoms with Crippen molar-refractivity contribution in [2.45, 2.75) is 20.3 Å². The Bertz CT molecular complexity index is 742. The van der Waals surface area contributed by atoms with E-state index in [4.69, 9.17) is 14.2 Å². The summed E-state index contributed by atoms with van der Waals surface area (Å²) >= 11 is 0. The molecule has 0 saturated heterocycles. The number of amides is 1. The number of hydrogen-bond donors (Lipinski definition) is 1. The molecule has 27 heavy (non-hydrogen) atoms. The molecule has 0 aliphatic rings. The van der Waals surface area contributed by atoms with Crippen molar-refractivity contribution < 1.29 is 23.8 Å². The molecule has 0 spiro atoms. The molecular formula is C21H25NO5. The van der Waals surface area contributed by atoms with E-state index in [1.54, 1.807) is 0 Å². The van der Waals surface area contributed by atoms with Gasteiger partial charge in [-0.3, -0.25) is 9.59 Å². The number of rotatable bonds is 10. The second-order valence-corrected chi connectivity index (χ2v) is 6.09. The average molecular weight is 371 g/mol. The summed E-state index contributed by atoms with van der Waals surface area (Å²) in [5, 5.41) is 2.64. The van der Waals surface area contributed by atoms with Crippen LogP contribution in [0.2, 0.25) is 0 Å². The van der Waals surface area contributed by atoms with Crippen LogP contribution in [0.25, 0.3) is 0 Å². The topological polar surface area (TPSA) is 73.9 Å². The third kappa shape index (κ3) is 8.27. The van der Waals surface area contributed by atoms with Crippen molar-refractivity contribution in [3.8, 4) is 11.5 Å². The van der Waals surface area contributed by atoms with Crippen LogP contribution in [0.5, 0.6) is 11.5 Å². The lowest BCUT2D eigenvalue weighted by Crippen LogP contribution is -2.32. The first-order valence-corrected chi connectivity index (χ1v) is 8.84. The van der Waals surface area contributed by atoms with Crippen molar-refractivity contribution >= 4 is 11.9 Å². The lowest BCUT2D eigenvalue weighted by Gasteiger charge is -2.09. The number of carbonyl (C=O) groups is 2. The minimum Gasteiger partial charge on any atom is -0.493 e. The standard InChI is InChI=1S/C21H25NO5/c1-16-6-8-18(9-7-16)25-12-10-21(24)27-15-20(23)22-11-13-26-19-5-3-4-17(2)14-19/h3-9,14H,10-13,15H2,1-2H3,(H,22,23). The van der Waals surface area contributed by atoms with E-state index < -0.39 is 5.97 Å². The number of carbonyl (C=O) groups excluding carboxylic acids is 2. The molecule has 0 fully saturated rings. The van der Waals surface area contributed by atoms with Crippen LogP contribution in [0.4, 0.5) is 0 Å². The van der Waals surface area contributed by atoms with Gasteiger partial charge < -0.3 is 19.5 Å². The zero-order chi connectivity index (χ0) is 19.5. The number of ether oxygens (including phenoxy) is 3. The molecule has 2 rings (SSSR count).